The first-order valence-electron chi connectivity index (χ1n) is 7.06. The standard InChI is InChI=1S/C18H14ClNO3/c1-12(21)16-7-2-3-8-17(16)22-10-15-11-23-18(20-15)13-5-4-6-14(19)9-13/h2-9,11H,10H2,1H3. The Bertz CT molecular complexity index is 842. The van der Waals surface area contributed by atoms with Crippen molar-refractivity contribution in [2.75, 3.05) is 0 Å². The monoisotopic (exact) mass is 327 g/mol. The third-order valence-corrected chi connectivity index (χ3v) is 3.50. The van der Waals surface area contributed by atoms with E-state index in [4.69, 9.17) is 20.8 Å². The second-order valence-corrected chi connectivity index (χ2v) is 5.43. The van der Waals surface area contributed by atoms with Gasteiger partial charge in [0.2, 0.25) is 5.89 Å². The molecule has 0 aliphatic rings. The maximum atomic E-state index is 11.6. The minimum absolute atomic E-state index is 0.0413. The molecular formula is C18H14ClNO3. The number of hydrogen-bond donors (Lipinski definition) is 0. The summed E-state index contributed by atoms with van der Waals surface area (Å²) in [5, 5.41) is 0.619. The number of aromatic nitrogens is 1. The van der Waals surface area contributed by atoms with Crippen molar-refractivity contribution in [3.8, 4) is 17.2 Å². The predicted octanol–water partition coefficient (Wildman–Crippen LogP) is 4.78. The lowest BCUT2D eigenvalue weighted by Crippen LogP contribution is -2.01. The van der Waals surface area contributed by atoms with Crippen LogP contribution in [-0.4, -0.2) is 10.8 Å². The average molecular weight is 328 g/mol. The van der Waals surface area contributed by atoms with Gasteiger partial charge in [-0.1, -0.05) is 29.8 Å². The number of benzene rings is 2. The Morgan fingerprint density at radius 2 is 2.04 bits per heavy atom. The lowest BCUT2D eigenvalue weighted by molar-refractivity contribution is 0.101. The van der Waals surface area contributed by atoms with Crippen LogP contribution in [0.4, 0.5) is 0 Å². The van der Waals surface area contributed by atoms with Gasteiger partial charge >= 0.3 is 0 Å². The molecule has 2 aromatic carbocycles. The zero-order valence-electron chi connectivity index (χ0n) is 12.5. The van der Waals surface area contributed by atoms with Crippen LogP contribution in [0.1, 0.15) is 23.0 Å². The zero-order valence-corrected chi connectivity index (χ0v) is 13.2. The van der Waals surface area contributed by atoms with Gasteiger partial charge in [-0.25, -0.2) is 4.98 Å². The largest absolute Gasteiger partial charge is 0.486 e. The van der Waals surface area contributed by atoms with Crippen molar-refractivity contribution in [1.82, 2.24) is 4.98 Å². The third-order valence-electron chi connectivity index (χ3n) is 3.27. The number of carbonyl (C=O) groups is 1. The van der Waals surface area contributed by atoms with Gasteiger partial charge in [0, 0.05) is 10.6 Å². The van der Waals surface area contributed by atoms with Gasteiger partial charge in [-0.2, -0.15) is 0 Å². The summed E-state index contributed by atoms with van der Waals surface area (Å²) in [6, 6.07) is 14.4. The van der Waals surface area contributed by atoms with Gasteiger partial charge in [0.05, 0.1) is 5.56 Å². The Morgan fingerprint density at radius 3 is 2.83 bits per heavy atom. The number of carbonyl (C=O) groups excluding carboxylic acids is 1. The molecule has 0 N–H and O–H groups in total. The average Bonchev–Trinajstić information content (AvgIpc) is 3.02. The van der Waals surface area contributed by atoms with Gasteiger partial charge in [-0.15, -0.1) is 0 Å². The van der Waals surface area contributed by atoms with E-state index in [1.807, 2.05) is 18.2 Å². The molecule has 23 heavy (non-hydrogen) atoms. The van der Waals surface area contributed by atoms with Crippen LogP contribution in [0.15, 0.2) is 59.2 Å². The third kappa shape index (κ3) is 3.60. The molecule has 0 saturated heterocycles. The number of ketones is 1. The topological polar surface area (TPSA) is 52.3 Å². The molecule has 0 aliphatic carbocycles. The smallest absolute Gasteiger partial charge is 0.226 e. The van der Waals surface area contributed by atoms with E-state index < -0.39 is 0 Å². The molecule has 0 atom stereocenters. The van der Waals surface area contributed by atoms with Crippen LogP contribution in [0.25, 0.3) is 11.5 Å². The van der Waals surface area contributed by atoms with Crippen molar-refractivity contribution in [1.29, 1.82) is 0 Å². The quantitative estimate of drug-likeness (QED) is 0.633. The molecule has 0 fully saturated rings. The van der Waals surface area contributed by atoms with Gasteiger partial charge in [-0.05, 0) is 37.3 Å². The first kappa shape index (κ1) is 15.3. The van der Waals surface area contributed by atoms with Crippen molar-refractivity contribution in [2.45, 2.75) is 13.5 Å². The van der Waals surface area contributed by atoms with Crippen molar-refractivity contribution in [2.24, 2.45) is 0 Å². The number of rotatable bonds is 5. The highest BCUT2D eigenvalue weighted by Gasteiger charge is 2.10. The molecule has 3 aromatic rings. The summed E-state index contributed by atoms with van der Waals surface area (Å²) in [4.78, 5) is 15.9. The van der Waals surface area contributed by atoms with E-state index in [0.29, 0.717) is 27.9 Å². The Labute approximate surface area is 138 Å². The molecule has 0 saturated carbocycles. The molecule has 0 radical (unpaired) electrons. The van der Waals surface area contributed by atoms with Crippen molar-refractivity contribution < 1.29 is 13.9 Å². The first-order chi connectivity index (χ1) is 11.1. The lowest BCUT2D eigenvalue weighted by atomic mass is 10.1. The minimum Gasteiger partial charge on any atom is -0.486 e. The Hall–Kier alpha value is -2.59. The van der Waals surface area contributed by atoms with E-state index in [9.17, 15) is 4.79 Å². The molecule has 116 valence electrons. The molecule has 0 aliphatic heterocycles. The maximum absolute atomic E-state index is 11.6. The number of ether oxygens (including phenoxy) is 1. The van der Waals surface area contributed by atoms with Gasteiger partial charge in [0.15, 0.2) is 5.78 Å². The van der Waals surface area contributed by atoms with Crippen LogP contribution in [0.3, 0.4) is 0 Å². The number of para-hydroxylation sites is 1. The number of nitrogens with zero attached hydrogens (tertiary/aromatic N) is 1. The Morgan fingerprint density at radius 1 is 1.22 bits per heavy atom. The lowest BCUT2D eigenvalue weighted by Gasteiger charge is -2.07. The summed E-state index contributed by atoms with van der Waals surface area (Å²) in [6.07, 6.45) is 1.53. The molecule has 0 unspecified atom stereocenters. The molecular weight excluding hydrogens is 314 g/mol. The van der Waals surface area contributed by atoms with Gasteiger partial charge in [0.25, 0.3) is 0 Å². The number of Topliss-reactive ketones (excluding diaryl/α,β-unsaturated/α-hetero) is 1. The number of hydrogen-bond acceptors (Lipinski definition) is 4. The number of halogens is 1. The summed E-state index contributed by atoms with van der Waals surface area (Å²) in [5.74, 6) is 0.971. The molecule has 0 bridgehead atoms. The second kappa shape index (κ2) is 6.67. The summed E-state index contributed by atoms with van der Waals surface area (Å²) >= 11 is 5.96. The molecule has 5 heteroatoms. The Kier molecular flexibility index (Phi) is 4.44. The fourth-order valence-electron chi connectivity index (χ4n) is 2.16. The van der Waals surface area contributed by atoms with E-state index in [1.165, 1.54) is 13.2 Å². The Balaban J connectivity index is 1.74. The SMILES string of the molecule is CC(=O)c1ccccc1OCc1coc(-c2cccc(Cl)c2)n1. The second-order valence-electron chi connectivity index (χ2n) is 5.00. The molecule has 0 amide bonds. The summed E-state index contributed by atoms with van der Waals surface area (Å²) in [7, 11) is 0. The highest BCUT2D eigenvalue weighted by molar-refractivity contribution is 6.30. The molecule has 1 aromatic heterocycles. The normalized spacial score (nSPS) is 10.5. The van der Waals surface area contributed by atoms with Crippen molar-refractivity contribution in [3.05, 3.63) is 71.1 Å². The molecule has 4 nitrogen and oxygen atoms in total. The summed E-state index contributed by atoms with van der Waals surface area (Å²) < 4.78 is 11.1. The summed E-state index contributed by atoms with van der Waals surface area (Å²) in [5.41, 5.74) is 1.98. The van der Waals surface area contributed by atoms with Gasteiger partial charge in [0.1, 0.15) is 24.3 Å². The van der Waals surface area contributed by atoms with Crippen molar-refractivity contribution >= 4 is 17.4 Å². The van der Waals surface area contributed by atoms with Crippen LogP contribution in [0, 0.1) is 0 Å². The molecule has 3 rings (SSSR count). The van der Waals surface area contributed by atoms with E-state index in [-0.39, 0.29) is 12.4 Å². The van der Waals surface area contributed by atoms with Gasteiger partial charge in [-0.3, -0.25) is 4.79 Å². The van der Waals surface area contributed by atoms with Crippen LogP contribution in [-0.2, 0) is 6.61 Å². The fraction of sp³-hybridized carbons (Fsp3) is 0.111. The van der Waals surface area contributed by atoms with Crippen LogP contribution in [0.5, 0.6) is 5.75 Å². The minimum atomic E-state index is -0.0413. The number of oxazole rings is 1. The van der Waals surface area contributed by atoms with Crippen LogP contribution in [0.2, 0.25) is 5.02 Å². The highest BCUT2D eigenvalue weighted by atomic mass is 35.5. The fourth-order valence-corrected chi connectivity index (χ4v) is 2.35. The maximum Gasteiger partial charge on any atom is 0.226 e. The van der Waals surface area contributed by atoms with Crippen LogP contribution >= 0.6 is 11.6 Å². The van der Waals surface area contributed by atoms with Crippen molar-refractivity contribution in [3.63, 3.8) is 0 Å². The van der Waals surface area contributed by atoms with E-state index in [1.54, 1.807) is 30.3 Å². The van der Waals surface area contributed by atoms with E-state index >= 15 is 0 Å². The predicted molar refractivity (Wildman–Crippen MR) is 87.7 cm³/mol. The van der Waals surface area contributed by atoms with E-state index in [0.717, 1.165) is 5.56 Å². The first-order valence-corrected chi connectivity index (χ1v) is 7.44. The van der Waals surface area contributed by atoms with E-state index in [2.05, 4.69) is 4.98 Å². The summed E-state index contributed by atoms with van der Waals surface area (Å²) in [6.45, 7) is 1.73. The van der Waals surface area contributed by atoms with Crippen LogP contribution < -0.4 is 4.74 Å². The molecule has 0 spiro atoms. The zero-order chi connectivity index (χ0) is 16.2. The molecule has 1 heterocycles. The van der Waals surface area contributed by atoms with Gasteiger partial charge < -0.3 is 9.15 Å². The highest BCUT2D eigenvalue weighted by Crippen LogP contribution is 2.23.